The molecule has 0 aromatic heterocycles. The molecule has 10 fully saturated rings. The first-order chi connectivity index (χ1) is 45.1. The van der Waals surface area contributed by atoms with Crippen molar-refractivity contribution in [2.24, 2.45) is 101 Å². The lowest BCUT2D eigenvalue weighted by Gasteiger charge is -2.72. The summed E-state index contributed by atoms with van der Waals surface area (Å²) in [6.07, 6.45) is -13.8. The van der Waals surface area contributed by atoms with E-state index in [4.69, 9.17) is 28.4 Å². The molecular weight excluding hydrogens is 1260 g/mol. The van der Waals surface area contributed by atoms with Crippen LogP contribution < -0.4 is 0 Å². The Kier molecular flexibility index (Phi) is 18.3. The molecule has 10 aliphatic carbocycles. The van der Waals surface area contributed by atoms with Crippen LogP contribution in [-0.2, 0) is 47.6 Å². The van der Waals surface area contributed by atoms with Crippen LogP contribution in [0.25, 0.3) is 0 Å². The van der Waals surface area contributed by atoms with Gasteiger partial charge in [0, 0.05) is 18.9 Å². The highest BCUT2D eigenvalue weighted by atomic mass is 16.7. The molecule has 0 radical (unpaired) electrons. The van der Waals surface area contributed by atoms with E-state index in [1.54, 1.807) is 20.8 Å². The number of carbonyl (C=O) groups is 4. The van der Waals surface area contributed by atoms with Crippen LogP contribution in [0, 0.1) is 101 Å². The third-order valence-corrected chi connectivity index (χ3v) is 31.6. The van der Waals surface area contributed by atoms with Gasteiger partial charge in [-0.25, -0.2) is 0 Å². The fourth-order valence-corrected chi connectivity index (χ4v) is 25.2. The van der Waals surface area contributed by atoms with Gasteiger partial charge in [0.2, 0.25) is 12.6 Å². The average Bonchev–Trinajstić information content (AvgIpc) is 0.673. The Hall–Kier alpha value is -3.28. The monoisotopic (exact) mass is 1370 g/mol. The van der Waals surface area contributed by atoms with Crippen LogP contribution in [0.3, 0.4) is 0 Å². The molecule has 0 unspecified atom stereocenters. The summed E-state index contributed by atoms with van der Waals surface area (Å²) in [6, 6.07) is 0. The normalized spacial score (nSPS) is 56.1. The Morgan fingerprint density at radius 2 is 0.948 bits per heavy atom. The van der Waals surface area contributed by atoms with Crippen LogP contribution in [0.1, 0.15) is 179 Å². The standard InChI is InChI=1S/C73H112O24/c1-34-17-23-71(60(88)96-56-50(82)48(80)46(78)40(31-74)93-56)28-26-65(6)37(53(71)70(34,11)91)14-16-43-63(4)30-39(77)55(73(33-75,58(85)86)45(63)20-22-67(43,65)8)95-59(87)68(9)44-19-21-66(7)42(62(44,3)29-38(76)54(68)84)15-13-36-52-69(10,90)35(2)18-24-72(52,27-25-64(36,66)5)61(89)97-57-51(83)49(81)47(79)41(94-57)32-92-12/h13-14,34-35,38-57,74-84,90-91H,15-33H2,1-12H3,(H,85,86)/t34-,35-,38-,39-,40-,41-,42-,43-,44-,45-,46-,47-,48+,49+,50-,51-,52-,53-,54+,55-,56+,57+,62+,63+,64-,65-,66-,67-,68+,69-,70-,71+,72+,73-/m1/s1. The van der Waals surface area contributed by atoms with Crippen molar-refractivity contribution in [1.29, 1.82) is 0 Å². The average molecular weight is 1370 g/mol. The summed E-state index contributed by atoms with van der Waals surface area (Å²) in [5.41, 5.74) is -12.9. The second-order valence-electron chi connectivity index (χ2n) is 35.2. The first-order valence-corrected chi connectivity index (χ1v) is 36.0. The van der Waals surface area contributed by atoms with Crippen molar-refractivity contribution in [3.63, 3.8) is 0 Å². The highest BCUT2D eigenvalue weighted by Gasteiger charge is 2.78. The summed E-state index contributed by atoms with van der Waals surface area (Å²) < 4.78 is 35.4. The van der Waals surface area contributed by atoms with Crippen molar-refractivity contribution in [2.45, 2.75) is 276 Å². The van der Waals surface area contributed by atoms with Crippen LogP contribution >= 0.6 is 0 Å². The maximum Gasteiger partial charge on any atom is 0.316 e. The first-order valence-electron chi connectivity index (χ1n) is 36.0. The van der Waals surface area contributed by atoms with E-state index in [-0.39, 0.29) is 62.4 Å². The Balaban J connectivity index is 0.833. The van der Waals surface area contributed by atoms with Crippen molar-refractivity contribution >= 4 is 23.9 Å². The number of methoxy groups -OCH3 is 1. The number of aliphatic hydroxyl groups is 13. The molecule has 0 spiro atoms. The second-order valence-corrected chi connectivity index (χ2v) is 35.2. The quantitative estimate of drug-likeness (QED) is 0.0803. The molecule has 8 saturated carbocycles. The van der Waals surface area contributed by atoms with Gasteiger partial charge in [-0.1, -0.05) is 78.7 Å². The highest BCUT2D eigenvalue weighted by molar-refractivity contribution is 5.82. The van der Waals surface area contributed by atoms with Crippen molar-refractivity contribution < 1.29 is 119 Å². The number of carboxylic acid groups (broad SMARTS) is 1. The van der Waals surface area contributed by atoms with Crippen LogP contribution in [0.4, 0.5) is 0 Å². The van der Waals surface area contributed by atoms with E-state index >= 15 is 14.4 Å². The van der Waals surface area contributed by atoms with Crippen LogP contribution in [-0.4, -0.2) is 219 Å². The number of aliphatic carboxylic acids is 1. The van der Waals surface area contributed by atoms with Crippen molar-refractivity contribution in [3.05, 3.63) is 23.3 Å². The molecule has 12 aliphatic rings. The Labute approximate surface area is 568 Å². The SMILES string of the molecule is COC[C@H]1O[C@@H](OC(=O)[C@]23CC[C@@H](C)[C@@](C)(O)[C@H]2C2=CC[C@@H]4[C@]5(C)C[C@@H](O)[C@H](O)[C@@](C)(C(=O)O[C@@H]6[C@H](O)C[C@]7(C)[C@@H](CC[C@]8(C)[C@@H]7CC=C7[C@H]9[C@](C(=O)O[C@@H]%10O[C@H](CO)[C@@H](O)[C@H](O)[C@H]%10O)(CC[C@@H](C)[C@@]9(C)O)CC[C@]78C)[C@@]6(CO)C(=O)O)[C@@H]5CC[C@@]4(C)[C@]2(C)CC3)[C@H](O)[C@@H](O)[C@@H]1O. The number of carboxylic acids is 1. The fraction of sp³-hybridized carbons (Fsp3) is 0.890. The van der Waals surface area contributed by atoms with E-state index in [2.05, 4.69) is 39.8 Å². The molecule has 34 atom stereocenters. The van der Waals surface area contributed by atoms with Gasteiger partial charge in [0.05, 0.1) is 65.6 Å². The second kappa shape index (κ2) is 24.1. The predicted molar refractivity (Wildman–Crippen MR) is 342 cm³/mol. The number of esters is 3. The van der Waals surface area contributed by atoms with E-state index in [1.165, 1.54) is 7.11 Å². The minimum absolute atomic E-state index is 0.0570. The van der Waals surface area contributed by atoms with E-state index < -0.39 is 212 Å². The van der Waals surface area contributed by atoms with Gasteiger partial charge in [-0.15, -0.1) is 0 Å². The molecule has 14 N–H and O–H groups in total. The van der Waals surface area contributed by atoms with Gasteiger partial charge in [0.15, 0.2) is 0 Å². The maximum absolute atomic E-state index is 15.9. The minimum Gasteiger partial charge on any atom is -0.481 e. The lowest BCUT2D eigenvalue weighted by molar-refractivity contribution is -0.300. The molecule has 2 aliphatic heterocycles. The summed E-state index contributed by atoms with van der Waals surface area (Å²) in [6.45, 7) is 19.6. The topological polar surface area (TPSA) is 407 Å². The predicted octanol–water partition coefficient (Wildman–Crippen LogP) is 3.10. The summed E-state index contributed by atoms with van der Waals surface area (Å²) in [4.78, 5) is 60.5. The third-order valence-electron chi connectivity index (χ3n) is 31.6. The van der Waals surface area contributed by atoms with Gasteiger partial charge >= 0.3 is 23.9 Å². The molecule has 548 valence electrons. The largest absolute Gasteiger partial charge is 0.481 e. The van der Waals surface area contributed by atoms with E-state index in [1.807, 2.05) is 27.7 Å². The van der Waals surface area contributed by atoms with Gasteiger partial charge in [0.25, 0.3) is 0 Å². The van der Waals surface area contributed by atoms with E-state index in [0.717, 1.165) is 11.1 Å². The van der Waals surface area contributed by atoms with Crippen LogP contribution in [0.5, 0.6) is 0 Å². The number of hydrogen-bond acceptors (Lipinski definition) is 23. The minimum atomic E-state index is -2.28. The summed E-state index contributed by atoms with van der Waals surface area (Å²) >= 11 is 0. The molecule has 97 heavy (non-hydrogen) atoms. The number of allylic oxidation sites excluding steroid dienone is 2. The molecular formula is C73H112O24. The Morgan fingerprint density at radius 3 is 1.39 bits per heavy atom. The zero-order valence-electron chi connectivity index (χ0n) is 58.6. The molecule has 24 nitrogen and oxygen atoms in total. The molecule has 24 heteroatoms. The smallest absolute Gasteiger partial charge is 0.316 e. The van der Waals surface area contributed by atoms with Gasteiger partial charge in [-0.2, -0.15) is 0 Å². The summed E-state index contributed by atoms with van der Waals surface area (Å²) in [5.74, 6) is -8.43. The summed E-state index contributed by atoms with van der Waals surface area (Å²) in [7, 11) is 1.38. The fourth-order valence-electron chi connectivity index (χ4n) is 25.2. The van der Waals surface area contributed by atoms with Crippen LogP contribution in [0.15, 0.2) is 23.3 Å². The molecule has 2 saturated heterocycles. The van der Waals surface area contributed by atoms with Crippen molar-refractivity contribution in [2.75, 3.05) is 26.9 Å². The van der Waals surface area contributed by atoms with E-state index in [9.17, 15) is 76.3 Å². The maximum atomic E-state index is 15.9. The Bertz CT molecular complexity index is 3150. The molecule has 2 heterocycles. The van der Waals surface area contributed by atoms with Crippen molar-refractivity contribution in [3.8, 4) is 0 Å². The molecule has 0 aromatic rings. The van der Waals surface area contributed by atoms with E-state index in [0.29, 0.717) is 70.6 Å². The number of aliphatic hydroxyl groups excluding tert-OH is 11. The number of carbonyl (C=O) groups excluding carboxylic acids is 3. The lowest BCUT2D eigenvalue weighted by atomic mass is 9.32. The molecule has 0 bridgehead atoms. The molecule has 0 aromatic carbocycles. The van der Waals surface area contributed by atoms with Gasteiger partial charge in [0.1, 0.15) is 60.4 Å². The van der Waals surface area contributed by atoms with Crippen molar-refractivity contribution in [1.82, 2.24) is 0 Å². The zero-order chi connectivity index (χ0) is 71.3. The van der Waals surface area contributed by atoms with Gasteiger partial charge < -0.3 is 99.9 Å². The number of rotatable bonds is 11. The molecule has 0 amide bonds. The number of hydrogen-bond donors (Lipinski definition) is 14. The zero-order valence-corrected chi connectivity index (χ0v) is 58.6. The van der Waals surface area contributed by atoms with Crippen LogP contribution in [0.2, 0.25) is 0 Å². The number of fused-ring (bicyclic) bond motifs is 14. The highest BCUT2D eigenvalue weighted by Crippen LogP contribution is 2.79. The lowest BCUT2D eigenvalue weighted by Crippen LogP contribution is -2.73. The van der Waals surface area contributed by atoms with Gasteiger partial charge in [-0.3, -0.25) is 19.2 Å². The third kappa shape index (κ3) is 9.68. The Morgan fingerprint density at radius 1 is 0.515 bits per heavy atom. The van der Waals surface area contributed by atoms with Gasteiger partial charge in [-0.05, 0) is 192 Å². The molecule has 12 rings (SSSR count). The summed E-state index contributed by atoms with van der Waals surface area (Å²) in [5, 5.41) is 162. The first kappa shape index (κ1) is 73.5. The number of ether oxygens (including phenoxy) is 6.